The lowest BCUT2D eigenvalue weighted by atomic mass is 9.98. The third kappa shape index (κ3) is 5.89. The first-order valence-corrected chi connectivity index (χ1v) is 15.8. The van der Waals surface area contributed by atoms with Crippen molar-refractivity contribution < 1.29 is 24.0 Å². The quantitative estimate of drug-likeness (QED) is 0.306. The van der Waals surface area contributed by atoms with Gasteiger partial charge < -0.3 is 24.9 Å². The van der Waals surface area contributed by atoms with Crippen molar-refractivity contribution >= 4 is 47.2 Å². The number of amides is 5. The van der Waals surface area contributed by atoms with E-state index < -0.39 is 23.8 Å². The number of carbonyl (C=O) groups is 5. The average Bonchev–Trinajstić information content (AvgIpc) is 3.58. The maximum Gasteiger partial charge on any atom is 0.262 e. The highest BCUT2D eigenvalue weighted by atomic mass is 16.2. The van der Waals surface area contributed by atoms with E-state index in [-0.39, 0.29) is 18.7 Å². The molecule has 6 heterocycles. The van der Waals surface area contributed by atoms with Crippen LogP contribution in [0.2, 0.25) is 0 Å². The molecule has 2 N–H and O–H groups in total. The summed E-state index contributed by atoms with van der Waals surface area (Å²) in [7, 11) is 0. The van der Waals surface area contributed by atoms with E-state index in [4.69, 9.17) is 0 Å². The fourth-order valence-electron chi connectivity index (χ4n) is 7.37. The molecule has 1 aromatic heterocycles. The summed E-state index contributed by atoms with van der Waals surface area (Å²) in [5.74, 6) is -0.164. The van der Waals surface area contributed by atoms with Crippen molar-refractivity contribution in [2.24, 2.45) is 11.8 Å². The molecule has 5 amide bonds. The highest BCUT2D eigenvalue weighted by Crippen LogP contribution is 2.33. The van der Waals surface area contributed by atoms with Crippen LogP contribution in [-0.2, 0) is 14.4 Å². The molecule has 13 nitrogen and oxygen atoms in total. The van der Waals surface area contributed by atoms with Gasteiger partial charge in [0, 0.05) is 83.5 Å². The lowest BCUT2D eigenvalue weighted by Crippen LogP contribution is -2.55. The molecule has 13 heteroatoms. The summed E-state index contributed by atoms with van der Waals surface area (Å²) in [6.45, 7) is 10.3. The minimum Gasteiger partial charge on any atom is -0.371 e. The lowest BCUT2D eigenvalue weighted by molar-refractivity contribution is -0.136. The highest BCUT2D eigenvalue weighted by molar-refractivity contribution is 6.23. The second-order valence-corrected chi connectivity index (χ2v) is 12.8. The van der Waals surface area contributed by atoms with Crippen molar-refractivity contribution in [3.8, 4) is 0 Å². The van der Waals surface area contributed by atoms with Gasteiger partial charge in [-0.25, -0.2) is 4.98 Å². The van der Waals surface area contributed by atoms with Crippen molar-refractivity contribution in [2.75, 3.05) is 80.6 Å². The van der Waals surface area contributed by atoms with Gasteiger partial charge in [-0.1, -0.05) is 0 Å². The molecule has 2 unspecified atom stereocenters. The fraction of sp³-hybridized carbons (Fsp3) is 0.500. The van der Waals surface area contributed by atoms with E-state index in [1.807, 2.05) is 24.4 Å². The van der Waals surface area contributed by atoms with E-state index >= 15 is 0 Å². The summed E-state index contributed by atoms with van der Waals surface area (Å²) in [6.07, 6.45) is 3.78. The van der Waals surface area contributed by atoms with Gasteiger partial charge in [-0.3, -0.25) is 34.2 Å². The number of anilines is 3. The van der Waals surface area contributed by atoms with Crippen LogP contribution in [0.1, 0.15) is 40.0 Å². The van der Waals surface area contributed by atoms with E-state index in [0.29, 0.717) is 35.2 Å². The molecule has 0 aliphatic carbocycles. The lowest BCUT2D eigenvalue weighted by Gasteiger charge is -2.44. The summed E-state index contributed by atoms with van der Waals surface area (Å²) in [5.41, 5.74) is 2.66. The molecule has 0 saturated carbocycles. The van der Waals surface area contributed by atoms with Gasteiger partial charge in [0.15, 0.2) is 0 Å². The predicted molar refractivity (Wildman–Crippen MR) is 166 cm³/mol. The molecule has 1 aromatic carbocycles. The molecule has 4 fully saturated rings. The zero-order valence-electron chi connectivity index (χ0n) is 25.2. The first-order valence-electron chi connectivity index (χ1n) is 15.8. The number of fused-ring (bicyclic) bond motifs is 1. The van der Waals surface area contributed by atoms with Crippen LogP contribution < -0.4 is 20.4 Å². The van der Waals surface area contributed by atoms with Gasteiger partial charge in [0.1, 0.15) is 11.9 Å². The smallest absolute Gasteiger partial charge is 0.262 e. The van der Waals surface area contributed by atoms with Gasteiger partial charge in [0.25, 0.3) is 11.8 Å². The zero-order chi connectivity index (χ0) is 31.1. The largest absolute Gasteiger partial charge is 0.371 e. The number of hydrogen-bond acceptors (Lipinski definition) is 10. The summed E-state index contributed by atoms with van der Waals surface area (Å²) in [6, 6.07) is 8.27. The number of imide groups is 2. The number of rotatable bonds is 9. The van der Waals surface area contributed by atoms with Crippen molar-refractivity contribution in [3.05, 3.63) is 47.7 Å². The van der Waals surface area contributed by atoms with Gasteiger partial charge in [-0.05, 0) is 49.1 Å². The summed E-state index contributed by atoms with van der Waals surface area (Å²) in [4.78, 5) is 75.9. The van der Waals surface area contributed by atoms with Crippen LogP contribution in [0.4, 0.5) is 17.2 Å². The Morgan fingerprint density at radius 3 is 2.18 bits per heavy atom. The summed E-state index contributed by atoms with van der Waals surface area (Å²) >= 11 is 0. The van der Waals surface area contributed by atoms with Gasteiger partial charge in [0.05, 0.1) is 23.0 Å². The number of benzene rings is 1. The second-order valence-electron chi connectivity index (χ2n) is 12.8. The Kier molecular flexibility index (Phi) is 7.96. The molecule has 2 aromatic rings. The second kappa shape index (κ2) is 12.2. The molecule has 236 valence electrons. The van der Waals surface area contributed by atoms with Gasteiger partial charge >= 0.3 is 0 Å². The maximum atomic E-state index is 13.3. The average molecular weight is 615 g/mol. The number of nitrogens with one attached hydrogen (secondary N) is 2. The number of carbonyl (C=O) groups excluding carboxylic acids is 5. The van der Waals surface area contributed by atoms with Crippen LogP contribution in [0, 0.1) is 11.8 Å². The SMILES string of the molecule is O=CNc1ccc(N2CC(CN3CCN(CC4CCN(c5ccc6c(c5)C(=O)N(C5CCC(=O)NC5=O)C6=O)C4)CC3)C2)cn1. The zero-order valence-corrected chi connectivity index (χ0v) is 25.2. The first-order chi connectivity index (χ1) is 21.9. The molecular formula is C32H38N8O5. The molecule has 0 spiro atoms. The number of hydrogen-bond donors (Lipinski definition) is 2. The van der Waals surface area contributed by atoms with Crippen molar-refractivity contribution in [1.29, 1.82) is 0 Å². The summed E-state index contributed by atoms with van der Waals surface area (Å²) < 4.78 is 0. The predicted octanol–water partition coefficient (Wildman–Crippen LogP) is 0.631. The molecule has 5 aliphatic heterocycles. The number of piperazine rings is 1. The van der Waals surface area contributed by atoms with Crippen LogP contribution in [0.15, 0.2) is 36.5 Å². The molecule has 2 atom stereocenters. The molecule has 4 saturated heterocycles. The van der Waals surface area contributed by atoms with E-state index in [1.165, 1.54) is 0 Å². The Bertz CT molecular complexity index is 1500. The minimum atomic E-state index is -0.951. The van der Waals surface area contributed by atoms with Crippen LogP contribution in [0.25, 0.3) is 0 Å². The third-order valence-electron chi connectivity index (χ3n) is 9.85. The van der Waals surface area contributed by atoms with Gasteiger partial charge in [-0.15, -0.1) is 0 Å². The van der Waals surface area contributed by atoms with Crippen molar-refractivity contribution in [2.45, 2.75) is 25.3 Å². The van der Waals surface area contributed by atoms with E-state index in [2.05, 4.69) is 35.2 Å². The minimum absolute atomic E-state index is 0.107. The Labute approximate surface area is 261 Å². The molecule has 0 radical (unpaired) electrons. The fourth-order valence-corrected chi connectivity index (χ4v) is 7.37. The molecule has 5 aliphatic rings. The Balaban J connectivity index is 0.861. The first kappa shape index (κ1) is 29.4. The number of aromatic nitrogens is 1. The van der Waals surface area contributed by atoms with Crippen molar-refractivity contribution in [3.63, 3.8) is 0 Å². The summed E-state index contributed by atoms with van der Waals surface area (Å²) in [5, 5.41) is 4.81. The standard InChI is InChI=1S/C32H38N8O5/c41-20-34-28-5-2-24(14-33-28)39-18-22(19-39)16-37-11-9-36(10-12-37)15-21-7-8-38(17-21)23-1-3-25-26(13-23)32(45)40(31(25)44)27-4-6-29(42)35-30(27)43/h1-3,5,13-14,20-22,27H,4,6-12,15-19H2,(H,33,34,41)(H,35,42,43). The van der Waals surface area contributed by atoms with Crippen LogP contribution in [0.3, 0.4) is 0 Å². The number of piperidine rings is 1. The Hall–Kier alpha value is -4.36. The molecule has 45 heavy (non-hydrogen) atoms. The van der Waals surface area contributed by atoms with Gasteiger partial charge in [0.2, 0.25) is 18.2 Å². The molecule has 7 rings (SSSR count). The number of pyridine rings is 1. The highest BCUT2D eigenvalue weighted by Gasteiger charge is 2.45. The van der Waals surface area contributed by atoms with E-state index in [0.717, 1.165) is 88.1 Å². The van der Waals surface area contributed by atoms with Crippen LogP contribution in [-0.4, -0.2) is 121 Å². The normalized spacial score (nSPS) is 24.6. The monoisotopic (exact) mass is 614 g/mol. The third-order valence-corrected chi connectivity index (χ3v) is 9.85. The molecule has 0 bridgehead atoms. The Morgan fingerprint density at radius 1 is 0.800 bits per heavy atom. The molecular weight excluding hydrogens is 576 g/mol. The van der Waals surface area contributed by atoms with E-state index in [1.54, 1.807) is 12.1 Å². The van der Waals surface area contributed by atoms with Crippen LogP contribution >= 0.6 is 0 Å². The van der Waals surface area contributed by atoms with Crippen molar-refractivity contribution in [1.82, 2.24) is 25.0 Å². The van der Waals surface area contributed by atoms with Gasteiger partial charge in [-0.2, -0.15) is 0 Å². The number of nitrogens with zero attached hydrogens (tertiary/aromatic N) is 6. The van der Waals surface area contributed by atoms with E-state index in [9.17, 15) is 24.0 Å². The topological polar surface area (TPSA) is 138 Å². The maximum absolute atomic E-state index is 13.3. The van der Waals surface area contributed by atoms with Crippen LogP contribution in [0.5, 0.6) is 0 Å². The Morgan fingerprint density at radius 2 is 1.49 bits per heavy atom.